The Hall–Kier alpha value is -2.05. The number of imidazole rings is 1. The van der Waals surface area contributed by atoms with Crippen LogP contribution >= 0.6 is 0 Å². The summed E-state index contributed by atoms with van der Waals surface area (Å²) in [7, 11) is 0. The van der Waals surface area contributed by atoms with Gasteiger partial charge in [0.2, 0.25) is 0 Å². The van der Waals surface area contributed by atoms with Crippen molar-refractivity contribution in [3.05, 3.63) is 18.2 Å². The van der Waals surface area contributed by atoms with Gasteiger partial charge in [0.25, 0.3) is 0 Å². The first-order chi connectivity index (χ1) is 13.1. The molecule has 0 bridgehead atoms. The minimum Gasteiger partial charge on any atom is -0.466 e. The zero-order chi connectivity index (χ0) is 19.5. The van der Waals surface area contributed by atoms with Crippen LogP contribution in [0, 0.1) is 12.8 Å². The lowest BCUT2D eigenvalue weighted by molar-refractivity contribution is -0.149. The van der Waals surface area contributed by atoms with E-state index in [1.165, 1.54) is 0 Å². The van der Waals surface area contributed by atoms with Crippen LogP contribution in [0.25, 0.3) is 0 Å². The molecule has 0 spiro atoms. The fourth-order valence-electron chi connectivity index (χ4n) is 3.47. The molecule has 1 fully saturated rings. The molecule has 0 atom stereocenters. The number of aryl methyl sites for hydroxylation is 2. The second kappa shape index (κ2) is 11.6. The van der Waals surface area contributed by atoms with Crippen LogP contribution in [0.15, 0.2) is 17.4 Å². The van der Waals surface area contributed by atoms with Crippen molar-refractivity contribution >= 4 is 11.9 Å². The zero-order valence-corrected chi connectivity index (χ0v) is 17.0. The smallest absolute Gasteiger partial charge is 0.308 e. The van der Waals surface area contributed by atoms with Crippen LogP contribution in [0.4, 0.5) is 0 Å². The predicted octanol–water partition coefficient (Wildman–Crippen LogP) is 2.65. The average molecular weight is 378 g/mol. The summed E-state index contributed by atoms with van der Waals surface area (Å²) in [4.78, 5) is 20.8. The number of guanidine groups is 1. The number of aliphatic imine (C=N–C) groups is 1. The molecular formula is C20H35N5O2. The SMILES string of the molecule is CCNC(=NCCCCn1ccnc1C)NC1CCC(C(=O)OCC)CC1. The highest BCUT2D eigenvalue weighted by molar-refractivity contribution is 5.80. The Labute approximate surface area is 163 Å². The molecule has 0 unspecified atom stereocenters. The number of carbonyl (C=O) groups is 1. The van der Waals surface area contributed by atoms with E-state index in [9.17, 15) is 4.79 Å². The van der Waals surface area contributed by atoms with E-state index >= 15 is 0 Å². The Balaban J connectivity index is 1.70. The molecule has 1 aliphatic carbocycles. The van der Waals surface area contributed by atoms with Crippen LogP contribution in [-0.4, -0.2) is 47.2 Å². The fourth-order valence-corrected chi connectivity index (χ4v) is 3.47. The number of carbonyl (C=O) groups excluding carboxylic acids is 1. The minimum absolute atomic E-state index is 0.0374. The first-order valence-electron chi connectivity index (χ1n) is 10.3. The molecule has 1 aromatic rings. The Morgan fingerprint density at radius 1 is 1.30 bits per heavy atom. The van der Waals surface area contributed by atoms with Gasteiger partial charge in [0.15, 0.2) is 5.96 Å². The molecule has 0 radical (unpaired) electrons. The van der Waals surface area contributed by atoms with Gasteiger partial charge in [-0.2, -0.15) is 0 Å². The van der Waals surface area contributed by atoms with E-state index in [4.69, 9.17) is 9.73 Å². The van der Waals surface area contributed by atoms with Gasteiger partial charge in [-0.3, -0.25) is 9.79 Å². The molecule has 7 heteroatoms. The number of aromatic nitrogens is 2. The van der Waals surface area contributed by atoms with Gasteiger partial charge in [0, 0.05) is 38.1 Å². The summed E-state index contributed by atoms with van der Waals surface area (Å²) >= 11 is 0. The van der Waals surface area contributed by atoms with Crippen molar-refractivity contribution in [1.82, 2.24) is 20.2 Å². The lowest BCUT2D eigenvalue weighted by Crippen LogP contribution is -2.45. The van der Waals surface area contributed by atoms with Crippen LogP contribution in [0.5, 0.6) is 0 Å². The number of nitrogens with one attached hydrogen (secondary N) is 2. The van der Waals surface area contributed by atoms with E-state index in [0.717, 1.165) is 69.9 Å². The lowest BCUT2D eigenvalue weighted by Gasteiger charge is -2.29. The van der Waals surface area contributed by atoms with Gasteiger partial charge in [0.1, 0.15) is 5.82 Å². The monoisotopic (exact) mass is 377 g/mol. The normalized spacial score (nSPS) is 20.3. The Kier molecular flexibility index (Phi) is 9.15. The third-order valence-electron chi connectivity index (χ3n) is 5.03. The van der Waals surface area contributed by atoms with Crippen molar-refractivity contribution < 1.29 is 9.53 Å². The molecule has 1 heterocycles. The fraction of sp³-hybridized carbons (Fsp3) is 0.750. The molecule has 0 aromatic carbocycles. The number of ether oxygens (including phenoxy) is 1. The summed E-state index contributed by atoms with van der Waals surface area (Å²) in [6.45, 7) is 9.08. The molecule has 1 aliphatic rings. The van der Waals surface area contributed by atoms with Gasteiger partial charge < -0.3 is 19.9 Å². The summed E-state index contributed by atoms with van der Waals surface area (Å²) in [6, 6.07) is 0.377. The summed E-state index contributed by atoms with van der Waals surface area (Å²) in [5.41, 5.74) is 0. The van der Waals surface area contributed by atoms with Crippen LogP contribution in [0.1, 0.15) is 58.2 Å². The van der Waals surface area contributed by atoms with Gasteiger partial charge in [0.05, 0.1) is 12.5 Å². The summed E-state index contributed by atoms with van der Waals surface area (Å²) in [6.07, 6.45) is 9.74. The van der Waals surface area contributed by atoms with Crippen LogP contribution in [0.3, 0.4) is 0 Å². The van der Waals surface area contributed by atoms with Crippen molar-refractivity contribution in [3.63, 3.8) is 0 Å². The standard InChI is InChI=1S/C20H35N5O2/c1-4-21-20(23-12-6-7-14-25-15-13-22-16(25)3)24-18-10-8-17(9-11-18)19(26)27-5-2/h13,15,17-18H,4-12,14H2,1-3H3,(H2,21,23,24). The molecule has 0 amide bonds. The van der Waals surface area contributed by atoms with E-state index < -0.39 is 0 Å². The molecule has 7 nitrogen and oxygen atoms in total. The molecule has 2 N–H and O–H groups in total. The van der Waals surface area contributed by atoms with E-state index in [-0.39, 0.29) is 11.9 Å². The van der Waals surface area contributed by atoms with Crippen molar-refractivity contribution in [3.8, 4) is 0 Å². The minimum atomic E-state index is -0.0374. The van der Waals surface area contributed by atoms with Crippen molar-refractivity contribution in [1.29, 1.82) is 0 Å². The Morgan fingerprint density at radius 2 is 2.07 bits per heavy atom. The first kappa shape index (κ1) is 21.3. The number of hydrogen-bond donors (Lipinski definition) is 2. The molecule has 1 aromatic heterocycles. The maximum Gasteiger partial charge on any atom is 0.308 e. The third-order valence-corrected chi connectivity index (χ3v) is 5.03. The third kappa shape index (κ3) is 7.23. The predicted molar refractivity (Wildman–Crippen MR) is 108 cm³/mol. The van der Waals surface area contributed by atoms with Crippen LogP contribution in [0.2, 0.25) is 0 Å². The van der Waals surface area contributed by atoms with Gasteiger partial charge in [-0.05, 0) is 59.3 Å². The highest BCUT2D eigenvalue weighted by atomic mass is 16.5. The van der Waals surface area contributed by atoms with Gasteiger partial charge >= 0.3 is 5.97 Å². The van der Waals surface area contributed by atoms with E-state index in [2.05, 4.69) is 27.1 Å². The molecular weight excluding hydrogens is 342 g/mol. The molecule has 27 heavy (non-hydrogen) atoms. The molecule has 2 rings (SSSR count). The molecule has 152 valence electrons. The maximum absolute atomic E-state index is 11.9. The van der Waals surface area contributed by atoms with Crippen molar-refractivity contribution in [2.24, 2.45) is 10.9 Å². The lowest BCUT2D eigenvalue weighted by atomic mass is 9.86. The maximum atomic E-state index is 11.9. The summed E-state index contributed by atoms with van der Waals surface area (Å²) in [5.74, 6) is 1.97. The largest absolute Gasteiger partial charge is 0.466 e. The summed E-state index contributed by atoms with van der Waals surface area (Å²) < 4.78 is 7.32. The number of hydrogen-bond acceptors (Lipinski definition) is 4. The van der Waals surface area contributed by atoms with Crippen LogP contribution in [-0.2, 0) is 16.1 Å². The number of rotatable bonds is 9. The highest BCUT2D eigenvalue weighted by Crippen LogP contribution is 2.25. The number of unbranched alkanes of at least 4 members (excludes halogenated alkanes) is 1. The van der Waals surface area contributed by atoms with Crippen molar-refractivity contribution in [2.75, 3.05) is 19.7 Å². The zero-order valence-electron chi connectivity index (χ0n) is 17.0. The highest BCUT2D eigenvalue weighted by Gasteiger charge is 2.27. The number of esters is 1. The van der Waals surface area contributed by atoms with E-state index in [1.54, 1.807) is 0 Å². The first-order valence-corrected chi connectivity index (χ1v) is 10.3. The molecule has 1 saturated carbocycles. The van der Waals surface area contributed by atoms with Gasteiger partial charge in [-0.15, -0.1) is 0 Å². The van der Waals surface area contributed by atoms with Crippen LogP contribution < -0.4 is 10.6 Å². The van der Waals surface area contributed by atoms with Gasteiger partial charge in [-0.1, -0.05) is 0 Å². The van der Waals surface area contributed by atoms with E-state index in [1.807, 2.05) is 26.2 Å². The average Bonchev–Trinajstić information content (AvgIpc) is 3.07. The quantitative estimate of drug-likeness (QED) is 0.299. The molecule has 0 saturated heterocycles. The summed E-state index contributed by atoms with van der Waals surface area (Å²) in [5, 5.41) is 6.86. The van der Waals surface area contributed by atoms with E-state index in [0.29, 0.717) is 12.6 Å². The Morgan fingerprint density at radius 3 is 2.70 bits per heavy atom. The number of nitrogens with zero attached hydrogens (tertiary/aromatic N) is 3. The topological polar surface area (TPSA) is 80.5 Å². The second-order valence-electron chi connectivity index (χ2n) is 7.08. The molecule has 0 aliphatic heterocycles. The van der Waals surface area contributed by atoms with Crippen molar-refractivity contribution in [2.45, 2.75) is 71.9 Å². The van der Waals surface area contributed by atoms with Gasteiger partial charge in [-0.25, -0.2) is 4.98 Å². The Bertz CT molecular complexity index is 591. The second-order valence-corrected chi connectivity index (χ2v) is 7.08.